The summed E-state index contributed by atoms with van der Waals surface area (Å²) < 4.78 is 0. The zero-order valence-corrected chi connectivity index (χ0v) is 17.5. The Labute approximate surface area is 178 Å². The fraction of sp³-hybridized carbons (Fsp3) is 0.565. The van der Waals surface area contributed by atoms with Gasteiger partial charge in [-0.2, -0.15) is 0 Å². The van der Waals surface area contributed by atoms with Crippen LogP contribution in [-0.4, -0.2) is 73.0 Å². The van der Waals surface area contributed by atoms with E-state index in [2.05, 4.69) is 39.1 Å². The third-order valence-electron chi connectivity index (χ3n) is 7.12. The highest BCUT2D eigenvalue weighted by molar-refractivity contribution is 6.01. The van der Waals surface area contributed by atoms with Crippen LogP contribution in [0.3, 0.4) is 0 Å². The van der Waals surface area contributed by atoms with E-state index in [0.29, 0.717) is 19.0 Å². The van der Waals surface area contributed by atoms with Crippen LogP contribution in [0.15, 0.2) is 30.5 Å². The minimum Gasteiger partial charge on any atom is -0.371 e. The standard InChI is InChI=1S/C23H31N5O2/c1-16-2-5-21(22(29)25-16)28-15-17-14-19(3-4-20(17)23(28)30)26-10-6-18(7-11-26)27-12-8-24-9-13-27/h3-4,14,18,21,24H,1-2,5-13,15H2,(H,25,29). The zero-order chi connectivity index (χ0) is 20.7. The van der Waals surface area contributed by atoms with E-state index in [1.807, 2.05) is 6.07 Å². The van der Waals surface area contributed by atoms with Crippen molar-refractivity contribution in [3.05, 3.63) is 41.6 Å². The van der Waals surface area contributed by atoms with Crippen LogP contribution in [0.4, 0.5) is 5.69 Å². The fourth-order valence-corrected chi connectivity index (χ4v) is 5.37. The van der Waals surface area contributed by atoms with Crippen LogP contribution >= 0.6 is 0 Å². The molecule has 4 aliphatic rings. The van der Waals surface area contributed by atoms with Crippen molar-refractivity contribution >= 4 is 17.5 Å². The van der Waals surface area contributed by atoms with Crippen LogP contribution < -0.4 is 15.5 Å². The Morgan fingerprint density at radius 2 is 1.77 bits per heavy atom. The molecule has 7 heteroatoms. The first-order chi connectivity index (χ1) is 14.6. The smallest absolute Gasteiger partial charge is 0.255 e. The molecule has 0 aliphatic carbocycles. The van der Waals surface area contributed by atoms with Gasteiger partial charge in [0.25, 0.3) is 5.91 Å². The predicted molar refractivity (Wildman–Crippen MR) is 116 cm³/mol. The molecular formula is C23H31N5O2. The van der Waals surface area contributed by atoms with Crippen LogP contribution in [0.25, 0.3) is 0 Å². The van der Waals surface area contributed by atoms with E-state index >= 15 is 0 Å². The second kappa shape index (κ2) is 8.04. The van der Waals surface area contributed by atoms with Crippen molar-refractivity contribution in [3.8, 4) is 0 Å². The van der Waals surface area contributed by atoms with Crippen LogP contribution in [0.5, 0.6) is 0 Å². The normalized spacial score (nSPS) is 26.1. The molecule has 4 aliphatic heterocycles. The highest BCUT2D eigenvalue weighted by atomic mass is 16.2. The molecule has 1 atom stereocenters. The lowest BCUT2D eigenvalue weighted by atomic mass is 10.0. The minimum atomic E-state index is -0.395. The van der Waals surface area contributed by atoms with Crippen molar-refractivity contribution in [3.63, 3.8) is 0 Å². The topological polar surface area (TPSA) is 67.9 Å². The van der Waals surface area contributed by atoms with E-state index < -0.39 is 6.04 Å². The lowest BCUT2D eigenvalue weighted by Gasteiger charge is -2.41. The van der Waals surface area contributed by atoms with Crippen molar-refractivity contribution in [1.29, 1.82) is 0 Å². The second-order valence-corrected chi connectivity index (χ2v) is 8.93. The van der Waals surface area contributed by atoms with Gasteiger partial charge in [0.15, 0.2) is 0 Å². The van der Waals surface area contributed by atoms with E-state index in [-0.39, 0.29) is 11.8 Å². The maximum Gasteiger partial charge on any atom is 0.255 e. The monoisotopic (exact) mass is 409 g/mol. The number of benzene rings is 1. The van der Waals surface area contributed by atoms with E-state index in [0.717, 1.165) is 62.5 Å². The molecule has 160 valence electrons. The van der Waals surface area contributed by atoms with Crippen LogP contribution in [0, 0.1) is 0 Å². The number of amides is 2. The molecular weight excluding hydrogens is 378 g/mol. The van der Waals surface area contributed by atoms with Gasteiger partial charge in [0.05, 0.1) is 0 Å². The van der Waals surface area contributed by atoms with E-state index in [9.17, 15) is 9.59 Å². The molecule has 2 amide bonds. The Bertz CT molecular complexity index is 855. The molecule has 3 saturated heterocycles. The third-order valence-corrected chi connectivity index (χ3v) is 7.12. The SMILES string of the molecule is C=C1CCC(N2Cc3cc(N4CCC(N5CCNCC5)CC4)ccc3C2=O)C(=O)N1. The number of allylic oxidation sites excluding steroid dienone is 1. The Kier molecular flexibility index (Phi) is 5.25. The molecule has 30 heavy (non-hydrogen) atoms. The number of hydrogen-bond donors (Lipinski definition) is 2. The van der Waals surface area contributed by atoms with Gasteiger partial charge in [-0.05, 0) is 49.4 Å². The van der Waals surface area contributed by atoms with Gasteiger partial charge in [-0.15, -0.1) is 0 Å². The second-order valence-electron chi connectivity index (χ2n) is 8.93. The summed E-state index contributed by atoms with van der Waals surface area (Å²) in [5.41, 5.74) is 3.72. The first-order valence-electron chi connectivity index (χ1n) is 11.2. The van der Waals surface area contributed by atoms with Crippen molar-refractivity contribution in [1.82, 2.24) is 20.4 Å². The first-order valence-corrected chi connectivity index (χ1v) is 11.2. The Morgan fingerprint density at radius 1 is 1.00 bits per heavy atom. The van der Waals surface area contributed by atoms with Crippen LogP contribution in [0.1, 0.15) is 41.6 Å². The molecule has 0 aromatic heterocycles. The highest BCUT2D eigenvalue weighted by Gasteiger charge is 2.38. The Balaban J connectivity index is 1.25. The van der Waals surface area contributed by atoms with Gasteiger partial charge < -0.3 is 20.4 Å². The number of fused-ring (bicyclic) bond motifs is 1. The summed E-state index contributed by atoms with van der Waals surface area (Å²) in [4.78, 5) is 32.1. The number of nitrogens with zero attached hydrogens (tertiary/aromatic N) is 3. The van der Waals surface area contributed by atoms with Crippen molar-refractivity contribution in [2.24, 2.45) is 0 Å². The number of carbonyl (C=O) groups is 2. The molecule has 0 radical (unpaired) electrons. The zero-order valence-electron chi connectivity index (χ0n) is 17.5. The number of hydrogen-bond acceptors (Lipinski definition) is 5. The summed E-state index contributed by atoms with van der Waals surface area (Å²) in [5.74, 6) is -0.135. The molecule has 2 N–H and O–H groups in total. The van der Waals surface area contributed by atoms with Crippen LogP contribution in [0.2, 0.25) is 0 Å². The predicted octanol–water partition coefficient (Wildman–Crippen LogP) is 1.31. The summed E-state index contributed by atoms with van der Waals surface area (Å²) in [5, 5.41) is 6.24. The molecule has 1 aromatic carbocycles. The number of nitrogens with one attached hydrogen (secondary N) is 2. The molecule has 4 heterocycles. The average Bonchev–Trinajstić information content (AvgIpc) is 3.10. The van der Waals surface area contributed by atoms with E-state index in [4.69, 9.17) is 0 Å². The summed E-state index contributed by atoms with van der Waals surface area (Å²) in [7, 11) is 0. The van der Waals surface area contributed by atoms with E-state index in [1.165, 1.54) is 18.5 Å². The summed E-state index contributed by atoms with van der Waals surface area (Å²) in [6.45, 7) is 11.0. The van der Waals surface area contributed by atoms with Gasteiger partial charge in [-0.1, -0.05) is 6.58 Å². The molecule has 3 fully saturated rings. The number of piperazine rings is 1. The quantitative estimate of drug-likeness (QED) is 0.788. The van der Waals surface area contributed by atoms with Gasteiger partial charge in [0.2, 0.25) is 5.91 Å². The number of rotatable bonds is 3. The van der Waals surface area contributed by atoms with Gasteiger partial charge in [0, 0.05) is 68.8 Å². The summed E-state index contributed by atoms with van der Waals surface area (Å²) >= 11 is 0. The molecule has 5 rings (SSSR count). The maximum atomic E-state index is 12.9. The van der Waals surface area contributed by atoms with Crippen molar-refractivity contribution in [2.75, 3.05) is 44.2 Å². The number of anilines is 1. The van der Waals surface area contributed by atoms with Gasteiger partial charge >= 0.3 is 0 Å². The summed E-state index contributed by atoms with van der Waals surface area (Å²) in [6.07, 6.45) is 3.75. The molecule has 1 unspecified atom stereocenters. The molecule has 0 saturated carbocycles. The summed E-state index contributed by atoms with van der Waals surface area (Å²) in [6, 6.07) is 6.49. The lowest BCUT2D eigenvalue weighted by Crippen LogP contribution is -2.52. The Hall–Kier alpha value is -2.38. The van der Waals surface area contributed by atoms with Crippen LogP contribution in [-0.2, 0) is 11.3 Å². The molecule has 0 spiro atoms. The fourth-order valence-electron chi connectivity index (χ4n) is 5.37. The van der Waals surface area contributed by atoms with Crippen molar-refractivity contribution in [2.45, 2.75) is 44.3 Å². The molecule has 1 aromatic rings. The highest BCUT2D eigenvalue weighted by Crippen LogP contribution is 2.32. The maximum absolute atomic E-state index is 12.9. The molecule has 0 bridgehead atoms. The largest absolute Gasteiger partial charge is 0.371 e. The third kappa shape index (κ3) is 3.61. The number of piperidine rings is 2. The lowest BCUT2D eigenvalue weighted by molar-refractivity contribution is -0.126. The Morgan fingerprint density at radius 3 is 2.50 bits per heavy atom. The minimum absolute atomic E-state index is 0.0263. The van der Waals surface area contributed by atoms with Gasteiger partial charge in [-0.25, -0.2) is 0 Å². The molecule has 7 nitrogen and oxygen atoms in total. The number of carbonyl (C=O) groups excluding carboxylic acids is 2. The first kappa shape index (κ1) is 19.6. The average molecular weight is 410 g/mol. The van der Waals surface area contributed by atoms with Crippen molar-refractivity contribution < 1.29 is 9.59 Å². The van der Waals surface area contributed by atoms with Gasteiger partial charge in [-0.3, -0.25) is 14.5 Å². The van der Waals surface area contributed by atoms with Gasteiger partial charge in [0.1, 0.15) is 6.04 Å². The van der Waals surface area contributed by atoms with E-state index in [1.54, 1.807) is 4.90 Å².